The Bertz CT molecular complexity index is 1070. The van der Waals surface area contributed by atoms with Crippen LogP contribution in [0.1, 0.15) is 12.2 Å². The Morgan fingerprint density at radius 1 is 1.00 bits per heavy atom. The minimum Gasteiger partial charge on any atom is -0.356 e. The van der Waals surface area contributed by atoms with Crippen LogP contribution in [0.4, 0.5) is 0 Å². The van der Waals surface area contributed by atoms with Gasteiger partial charge in [0, 0.05) is 38.0 Å². The van der Waals surface area contributed by atoms with Crippen molar-refractivity contribution in [3.8, 4) is 0 Å². The first-order valence-electron chi connectivity index (χ1n) is 9.12. The van der Waals surface area contributed by atoms with E-state index in [1.807, 2.05) is 28.8 Å². The molecule has 0 saturated carbocycles. The number of hydrogen-bond acceptors (Lipinski definition) is 3. The van der Waals surface area contributed by atoms with Crippen molar-refractivity contribution in [2.45, 2.75) is 19.5 Å². The van der Waals surface area contributed by atoms with Crippen molar-refractivity contribution in [3.05, 3.63) is 66.7 Å². The highest BCUT2D eigenvalue weighted by molar-refractivity contribution is 14.0. The van der Waals surface area contributed by atoms with Gasteiger partial charge >= 0.3 is 0 Å². The van der Waals surface area contributed by atoms with Gasteiger partial charge in [-0.05, 0) is 36.1 Å². The van der Waals surface area contributed by atoms with E-state index < -0.39 is 0 Å². The second-order valence-corrected chi connectivity index (χ2v) is 6.32. The quantitative estimate of drug-likeness (QED) is 0.189. The lowest BCUT2D eigenvalue weighted by Gasteiger charge is -2.12. The zero-order valence-electron chi connectivity index (χ0n) is 15.7. The van der Waals surface area contributed by atoms with Crippen molar-refractivity contribution < 1.29 is 0 Å². The Kier molecular flexibility index (Phi) is 6.85. The van der Waals surface area contributed by atoms with E-state index in [2.05, 4.69) is 66.9 Å². The Morgan fingerprint density at radius 3 is 2.75 bits per heavy atom. The lowest BCUT2D eigenvalue weighted by Crippen LogP contribution is -2.37. The SMILES string of the molecule is CN=C(NCCCn1ccc2ccccc21)NCc1nnc2ccccn12.I. The molecule has 0 atom stereocenters. The number of guanidine groups is 1. The molecule has 1 aromatic carbocycles. The molecule has 0 amide bonds. The summed E-state index contributed by atoms with van der Waals surface area (Å²) in [5, 5.41) is 16.3. The number of fused-ring (bicyclic) bond motifs is 2. The van der Waals surface area contributed by atoms with Gasteiger partial charge in [-0.15, -0.1) is 34.2 Å². The third-order valence-electron chi connectivity index (χ3n) is 4.57. The smallest absolute Gasteiger partial charge is 0.191 e. The van der Waals surface area contributed by atoms with E-state index in [1.54, 1.807) is 7.05 Å². The highest BCUT2D eigenvalue weighted by atomic mass is 127. The van der Waals surface area contributed by atoms with Crippen molar-refractivity contribution in [2.24, 2.45) is 4.99 Å². The molecule has 0 saturated heterocycles. The molecule has 0 radical (unpaired) electrons. The lowest BCUT2D eigenvalue weighted by molar-refractivity contribution is 0.639. The summed E-state index contributed by atoms with van der Waals surface area (Å²) < 4.78 is 4.26. The van der Waals surface area contributed by atoms with Crippen LogP contribution in [0.2, 0.25) is 0 Å². The molecular weight excluding hydrogens is 465 g/mol. The molecule has 4 rings (SSSR count). The van der Waals surface area contributed by atoms with Crippen molar-refractivity contribution in [1.82, 2.24) is 29.8 Å². The monoisotopic (exact) mass is 489 g/mol. The molecule has 8 heteroatoms. The van der Waals surface area contributed by atoms with Crippen molar-refractivity contribution >= 4 is 46.5 Å². The largest absolute Gasteiger partial charge is 0.356 e. The number of benzene rings is 1. The molecule has 2 N–H and O–H groups in total. The number of aromatic nitrogens is 4. The molecule has 3 heterocycles. The number of rotatable bonds is 6. The fraction of sp³-hybridized carbons (Fsp3) is 0.250. The van der Waals surface area contributed by atoms with Gasteiger partial charge < -0.3 is 15.2 Å². The molecule has 146 valence electrons. The first-order valence-corrected chi connectivity index (χ1v) is 9.12. The summed E-state index contributed by atoms with van der Waals surface area (Å²) in [6.07, 6.45) is 5.12. The van der Waals surface area contributed by atoms with Gasteiger partial charge in [-0.2, -0.15) is 0 Å². The molecule has 28 heavy (non-hydrogen) atoms. The Balaban J connectivity index is 0.00000225. The number of pyridine rings is 1. The van der Waals surface area contributed by atoms with Crippen molar-refractivity contribution in [2.75, 3.05) is 13.6 Å². The van der Waals surface area contributed by atoms with E-state index in [1.165, 1.54) is 10.9 Å². The van der Waals surface area contributed by atoms with E-state index in [0.29, 0.717) is 6.54 Å². The molecule has 3 aromatic heterocycles. The molecule has 0 aliphatic heterocycles. The highest BCUT2D eigenvalue weighted by Crippen LogP contribution is 2.15. The van der Waals surface area contributed by atoms with Crippen LogP contribution in [0.15, 0.2) is 65.9 Å². The van der Waals surface area contributed by atoms with Crippen LogP contribution >= 0.6 is 24.0 Å². The van der Waals surface area contributed by atoms with E-state index in [9.17, 15) is 0 Å². The van der Waals surface area contributed by atoms with Gasteiger partial charge in [0.15, 0.2) is 17.4 Å². The average molecular weight is 489 g/mol. The minimum absolute atomic E-state index is 0. The van der Waals surface area contributed by atoms with E-state index >= 15 is 0 Å². The fourth-order valence-electron chi connectivity index (χ4n) is 3.19. The summed E-state index contributed by atoms with van der Waals surface area (Å²) >= 11 is 0. The van der Waals surface area contributed by atoms with Gasteiger partial charge in [0.25, 0.3) is 0 Å². The van der Waals surface area contributed by atoms with Gasteiger partial charge in [0.2, 0.25) is 0 Å². The van der Waals surface area contributed by atoms with E-state index in [-0.39, 0.29) is 24.0 Å². The summed E-state index contributed by atoms with van der Waals surface area (Å²) in [7, 11) is 1.77. The Morgan fingerprint density at radius 2 is 1.86 bits per heavy atom. The zero-order chi connectivity index (χ0) is 18.5. The highest BCUT2D eigenvalue weighted by Gasteiger charge is 2.05. The second-order valence-electron chi connectivity index (χ2n) is 6.32. The zero-order valence-corrected chi connectivity index (χ0v) is 18.1. The normalized spacial score (nSPS) is 11.5. The summed E-state index contributed by atoms with van der Waals surface area (Å²) in [6.45, 7) is 2.37. The predicted octanol–water partition coefficient (Wildman–Crippen LogP) is 3.06. The van der Waals surface area contributed by atoms with E-state index in [4.69, 9.17) is 0 Å². The third kappa shape index (κ3) is 4.44. The van der Waals surface area contributed by atoms with Crippen LogP contribution in [0.25, 0.3) is 16.6 Å². The number of aryl methyl sites for hydroxylation is 1. The minimum atomic E-state index is 0. The standard InChI is InChI=1S/C20H23N7.HI/c1-21-20(23-15-19-25-24-18-9-4-5-13-27(18)19)22-11-6-12-26-14-10-16-7-2-3-8-17(16)26;/h2-5,7-10,13-14H,6,11-12,15H2,1H3,(H2,21,22,23);1H. The van der Waals surface area contributed by atoms with Gasteiger partial charge in [0.1, 0.15) is 0 Å². The van der Waals surface area contributed by atoms with Gasteiger partial charge in [-0.1, -0.05) is 24.3 Å². The molecule has 0 bridgehead atoms. The molecule has 4 aromatic rings. The summed E-state index contributed by atoms with van der Waals surface area (Å²) in [5.74, 6) is 1.62. The number of para-hydroxylation sites is 1. The van der Waals surface area contributed by atoms with Crippen LogP contribution in [-0.4, -0.2) is 38.7 Å². The van der Waals surface area contributed by atoms with Crippen LogP contribution < -0.4 is 10.6 Å². The lowest BCUT2D eigenvalue weighted by atomic mass is 10.2. The first kappa shape index (κ1) is 20.1. The Hall–Kier alpha value is -2.62. The summed E-state index contributed by atoms with van der Waals surface area (Å²) in [6, 6.07) is 16.5. The van der Waals surface area contributed by atoms with Gasteiger partial charge in [-0.3, -0.25) is 9.39 Å². The van der Waals surface area contributed by atoms with Gasteiger partial charge in [0.05, 0.1) is 6.54 Å². The molecule has 0 unspecified atom stereocenters. The fourth-order valence-corrected chi connectivity index (χ4v) is 3.19. The van der Waals surface area contributed by atoms with Crippen molar-refractivity contribution in [1.29, 1.82) is 0 Å². The molecule has 7 nitrogen and oxygen atoms in total. The number of aliphatic imine (C=N–C) groups is 1. The number of nitrogens with one attached hydrogen (secondary N) is 2. The average Bonchev–Trinajstić information content (AvgIpc) is 3.32. The molecule has 0 aliphatic rings. The summed E-state index contributed by atoms with van der Waals surface area (Å²) in [4.78, 5) is 4.28. The molecule has 0 spiro atoms. The maximum absolute atomic E-state index is 4.28. The van der Waals surface area contributed by atoms with Crippen LogP contribution in [0.3, 0.4) is 0 Å². The number of nitrogens with zero attached hydrogens (tertiary/aromatic N) is 5. The maximum atomic E-state index is 4.28. The maximum Gasteiger partial charge on any atom is 0.191 e. The Labute approximate surface area is 180 Å². The number of hydrogen-bond donors (Lipinski definition) is 2. The van der Waals surface area contributed by atoms with Crippen LogP contribution in [0, 0.1) is 0 Å². The predicted molar refractivity (Wildman–Crippen MR) is 123 cm³/mol. The third-order valence-corrected chi connectivity index (χ3v) is 4.57. The topological polar surface area (TPSA) is 71.5 Å². The number of halogens is 1. The molecule has 0 fully saturated rings. The van der Waals surface area contributed by atoms with Crippen molar-refractivity contribution in [3.63, 3.8) is 0 Å². The van der Waals surface area contributed by atoms with Crippen LogP contribution in [0.5, 0.6) is 0 Å². The first-order chi connectivity index (χ1) is 13.3. The van der Waals surface area contributed by atoms with E-state index in [0.717, 1.165) is 36.9 Å². The molecule has 0 aliphatic carbocycles. The summed E-state index contributed by atoms with van der Waals surface area (Å²) in [5.41, 5.74) is 2.12. The second kappa shape index (κ2) is 9.54. The molecular formula is C20H24IN7. The van der Waals surface area contributed by atoms with Crippen LogP contribution in [-0.2, 0) is 13.1 Å². The van der Waals surface area contributed by atoms with Gasteiger partial charge in [-0.25, -0.2) is 0 Å².